The summed E-state index contributed by atoms with van der Waals surface area (Å²) < 4.78 is 75.5. The second kappa shape index (κ2) is 10.8. The van der Waals surface area contributed by atoms with Gasteiger partial charge in [-0.25, -0.2) is 8.78 Å². The Labute approximate surface area is 190 Å². The first-order chi connectivity index (χ1) is 15.8. The molecule has 3 nitrogen and oxygen atoms in total. The predicted octanol–water partition coefficient (Wildman–Crippen LogP) is 7.52. The standard InChI is InChI=1S/C25H27F5N2O/c1-3-7-18(25(28,29)30)14-21(17(4-2)16-26)22-15-23-24(8-5-6-13-32(23)31-22)33-20-11-9-19(27)10-12-20/h4,7,9-12,14-15,24H,3,5-6,8,13,16H2,1-2H3/b17-4-,18-7-,21-14+. The van der Waals surface area contributed by atoms with Gasteiger partial charge in [0.2, 0.25) is 0 Å². The third-order valence-electron chi connectivity index (χ3n) is 5.48. The van der Waals surface area contributed by atoms with Crippen molar-refractivity contribution in [3.63, 3.8) is 0 Å². The van der Waals surface area contributed by atoms with E-state index in [1.54, 1.807) is 24.6 Å². The highest BCUT2D eigenvalue weighted by atomic mass is 19.4. The quantitative estimate of drug-likeness (QED) is 0.312. The zero-order chi connectivity index (χ0) is 24.0. The average molecular weight is 466 g/mol. The van der Waals surface area contributed by atoms with E-state index in [2.05, 4.69) is 5.10 Å². The lowest BCUT2D eigenvalue weighted by Gasteiger charge is -2.17. The number of hydrogen-bond donors (Lipinski definition) is 0. The second-order valence-corrected chi connectivity index (χ2v) is 7.80. The number of hydrogen-bond acceptors (Lipinski definition) is 2. The molecule has 1 atom stereocenters. The maximum Gasteiger partial charge on any atom is 0.416 e. The van der Waals surface area contributed by atoms with Crippen LogP contribution in [-0.4, -0.2) is 22.6 Å². The summed E-state index contributed by atoms with van der Waals surface area (Å²) in [5.74, 6) is 0.104. The van der Waals surface area contributed by atoms with Gasteiger partial charge in [0.1, 0.15) is 24.3 Å². The fourth-order valence-corrected chi connectivity index (χ4v) is 3.80. The molecule has 0 saturated heterocycles. The summed E-state index contributed by atoms with van der Waals surface area (Å²) in [4.78, 5) is 0. The minimum Gasteiger partial charge on any atom is -0.484 e. The van der Waals surface area contributed by atoms with Crippen LogP contribution in [0.2, 0.25) is 0 Å². The van der Waals surface area contributed by atoms with Gasteiger partial charge >= 0.3 is 6.18 Å². The van der Waals surface area contributed by atoms with Crippen LogP contribution in [0.25, 0.3) is 5.57 Å². The molecule has 1 aliphatic heterocycles. The summed E-state index contributed by atoms with van der Waals surface area (Å²) in [6.45, 7) is 2.85. The number of benzene rings is 1. The van der Waals surface area contributed by atoms with Crippen LogP contribution < -0.4 is 4.74 Å². The first kappa shape index (κ1) is 24.7. The molecule has 2 heterocycles. The minimum atomic E-state index is -4.57. The Morgan fingerprint density at radius 2 is 1.94 bits per heavy atom. The van der Waals surface area contributed by atoms with Gasteiger partial charge in [0.25, 0.3) is 0 Å². The molecule has 178 valence electrons. The van der Waals surface area contributed by atoms with Gasteiger partial charge in [-0.3, -0.25) is 4.68 Å². The van der Waals surface area contributed by atoms with Gasteiger partial charge in [-0.15, -0.1) is 0 Å². The van der Waals surface area contributed by atoms with Crippen molar-refractivity contribution >= 4 is 5.57 Å². The SMILES string of the molecule is C\C=C(CF)/C(=C\C(=C\CC)C(F)(F)F)c1cc2n(n1)CCCCC2Oc1ccc(F)cc1. The lowest BCUT2D eigenvalue weighted by Crippen LogP contribution is -2.11. The number of rotatable bonds is 7. The highest BCUT2D eigenvalue weighted by molar-refractivity contribution is 5.79. The Kier molecular flexibility index (Phi) is 8.10. The van der Waals surface area contributed by atoms with E-state index < -0.39 is 24.5 Å². The Bertz CT molecular complexity index is 1030. The van der Waals surface area contributed by atoms with Gasteiger partial charge in [0.05, 0.1) is 17.0 Å². The molecular formula is C25H27F5N2O. The Morgan fingerprint density at radius 1 is 1.21 bits per heavy atom. The van der Waals surface area contributed by atoms with Gasteiger partial charge in [0, 0.05) is 12.1 Å². The molecule has 0 bridgehead atoms. The molecule has 33 heavy (non-hydrogen) atoms. The van der Waals surface area contributed by atoms with Crippen LogP contribution in [0.3, 0.4) is 0 Å². The third-order valence-corrected chi connectivity index (χ3v) is 5.48. The molecule has 0 aliphatic carbocycles. The third kappa shape index (κ3) is 6.12. The molecule has 1 aliphatic rings. The van der Waals surface area contributed by atoms with Gasteiger partial charge in [-0.2, -0.15) is 18.3 Å². The molecule has 0 radical (unpaired) electrons. The molecule has 0 fully saturated rings. The molecule has 1 aromatic heterocycles. The van der Waals surface area contributed by atoms with E-state index in [4.69, 9.17) is 4.74 Å². The second-order valence-electron chi connectivity index (χ2n) is 7.80. The Balaban J connectivity index is 2.05. The predicted molar refractivity (Wildman–Crippen MR) is 118 cm³/mol. The fraction of sp³-hybridized carbons (Fsp3) is 0.400. The van der Waals surface area contributed by atoms with E-state index >= 15 is 0 Å². The highest BCUT2D eigenvalue weighted by Gasteiger charge is 2.33. The average Bonchev–Trinajstić information content (AvgIpc) is 3.11. The van der Waals surface area contributed by atoms with Crippen molar-refractivity contribution in [3.05, 3.63) is 76.9 Å². The van der Waals surface area contributed by atoms with Crippen LogP contribution >= 0.6 is 0 Å². The minimum absolute atomic E-state index is 0.0955. The topological polar surface area (TPSA) is 27.1 Å². The number of aromatic nitrogens is 2. The van der Waals surface area contributed by atoms with Crippen molar-refractivity contribution in [2.75, 3.05) is 6.67 Å². The van der Waals surface area contributed by atoms with Crippen LogP contribution in [0.1, 0.15) is 57.0 Å². The van der Waals surface area contributed by atoms with E-state index in [1.807, 2.05) is 0 Å². The van der Waals surface area contributed by atoms with E-state index in [-0.39, 0.29) is 29.1 Å². The van der Waals surface area contributed by atoms with E-state index in [9.17, 15) is 22.0 Å². The number of alkyl halides is 4. The molecule has 2 aromatic rings. The van der Waals surface area contributed by atoms with E-state index in [1.165, 1.54) is 30.3 Å². The number of aryl methyl sites for hydroxylation is 1. The lowest BCUT2D eigenvalue weighted by molar-refractivity contribution is -0.0883. The summed E-state index contributed by atoms with van der Waals surface area (Å²) in [6.07, 6.45) is 1.08. The summed E-state index contributed by atoms with van der Waals surface area (Å²) in [5, 5.41) is 4.54. The van der Waals surface area contributed by atoms with Crippen LogP contribution in [0.5, 0.6) is 5.75 Å². The van der Waals surface area contributed by atoms with Crippen molar-refractivity contribution in [1.82, 2.24) is 9.78 Å². The van der Waals surface area contributed by atoms with Crippen molar-refractivity contribution in [2.24, 2.45) is 0 Å². The molecule has 0 saturated carbocycles. The highest BCUT2D eigenvalue weighted by Crippen LogP contribution is 2.35. The van der Waals surface area contributed by atoms with Gasteiger partial charge in [-0.1, -0.05) is 19.1 Å². The summed E-state index contributed by atoms with van der Waals surface area (Å²) in [6, 6.07) is 7.32. The van der Waals surface area contributed by atoms with Crippen molar-refractivity contribution < 1.29 is 26.7 Å². The monoisotopic (exact) mass is 466 g/mol. The zero-order valence-electron chi connectivity index (χ0n) is 18.6. The Morgan fingerprint density at radius 3 is 2.55 bits per heavy atom. The lowest BCUT2D eigenvalue weighted by atomic mass is 9.99. The van der Waals surface area contributed by atoms with Crippen molar-refractivity contribution in [2.45, 2.75) is 58.4 Å². The number of halogens is 5. The summed E-state index contributed by atoms with van der Waals surface area (Å²) >= 11 is 0. The molecule has 0 N–H and O–H groups in total. The zero-order valence-corrected chi connectivity index (χ0v) is 18.6. The molecule has 8 heteroatoms. The van der Waals surface area contributed by atoms with Crippen LogP contribution in [-0.2, 0) is 6.54 Å². The summed E-state index contributed by atoms with van der Waals surface area (Å²) in [7, 11) is 0. The maximum atomic E-state index is 13.8. The van der Waals surface area contributed by atoms with E-state index in [0.717, 1.165) is 25.0 Å². The van der Waals surface area contributed by atoms with Crippen LogP contribution in [0.15, 0.2) is 59.7 Å². The molecule has 1 aromatic carbocycles. The normalized spacial score (nSPS) is 18.2. The fourth-order valence-electron chi connectivity index (χ4n) is 3.80. The largest absolute Gasteiger partial charge is 0.484 e. The molecule has 0 amide bonds. The number of allylic oxidation sites excluding steroid dienone is 6. The van der Waals surface area contributed by atoms with Gasteiger partial charge in [-0.05, 0) is 74.6 Å². The van der Waals surface area contributed by atoms with Crippen molar-refractivity contribution in [3.8, 4) is 5.75 Å². The molecule has 1 unspecified atom stereocenters. The first-order valence-electron chi connectivity index (χ1n) is 11.0. The maximum absolute atomic E-state index is 13.8. The number of nitrogens with zero attached hydrogens (tertiary/aromatic N) is 2. The van der Waals surface area contributed by atoms with Crippen molar-refractivity contribution in [1.29, 1.82) is 0 Å². The van der Waals surface area contributed by atoms with E-state index in [0.29, 0.717) is 24.4 Å². The van der Waals surface area contributed by atoms with Crippen LogP contribution in [0, 0.1) is 5.82 Å². The Hall–Kier alpha value is -2.90. The molecular weight excluding hydrogens is 439 g/mol. The molecule has 3 rings (SSSR count). The van der Waals surface area contributed by atoms with Gasteiger partial charge < -0.3 is 4.74 Å². The first-order valence-corrected chi connectivity index (χ1v) is 11.0. The summed E-state index contributed by atoms with van der Waals surface area (Å²) in [5.41, 5.74) is 0.343. The smallest absolute Gasteiger partial charge is 0.416 e. The van der Waals surface area contributed by atoms with Gasteiger partial charge in [0.15, 0.2) is 0 Å². The number of ether oxygens (including phenoxy) is 1. The molecule has 0 spiro atoms. The number of fused-ring (bicyclic) bond motifs is 1. The van der Waals surface area contributed by atoms with Crippen LogP contribution in [0.4, 0.5) is 22.0 Å².